The Bertz CT molecular complexity index is 314. The molecule has 0 heterocycles. The molecule has 0 aliphatic rings. The number of hydrogen-bond donors (Lipinski definition) is 1. The van der Waals surface area contributed by atoms with Crippen LogP contribution in [0.15, 0.2) is 35.8 Å². The molecule has 0 aliphatic heterocycles. The van der Waals surface area contributed by atoms with Gasteiger partial charge < -0.3 is 5.73 Å². The van der Waals surface area contributed by atoms with Gasteiger partial charge in [-0.2, -0.15) is 0 Å². The van der Waals surface area contributed by atoms with Crippen molar-refractivity contribution in [3.05, 3.63) is 36.4 Å². The maximum absolute atomic E-state index is 5.78. The molecule has 0 saturated carbocycles. The van der Waals surface area contributed by atoms with E-state index in [2.05, 4.69) is 11.6 Å². The smallest absolute Gasteiger partial charge is 0.0861 e. The summed E-state index contributed by atoms with van der Waals surface area (Å²) in [5.41, 5.74) is 8.36. The second-order valence-corrected chi connectivity index (χ2v) is 2.52. The van der Waals surface area contributed by atoms with Gasteiger partial charge in [0, 0.05) is 6.21 Å². The van der Waals surface area contributed by atoms with E-state index >= 15 is 0 Å². The van der Waals surface area contributed by atoms with Crippen LogP contribution in [0.25, 0.3) is 0 Å². The van der Waals surface area contributed by atoms with Crippen molar-refractivity contribution in [3.63, 3.8) is 0 Å². The first-order valence-electron chi connectivity index (χ1n) is 3.76. The quantitative estimate of drug-likeness (QED) is 0.523. The molecule has 2 nitrogen and oxygen atoms in total. The van der Waals surface area contributed by atoms with Gasteiger partial charge in [0.2, 0.25) is 0 Å². The van der Waals surface area contributed by atoms with Gasteiger partial charge >= 0.3 is 0 Å². The predicted molar refractivity (Wildman–Crippen MR) is 53.9 cm³/mol. The van der Waals surface area contributed by atoms with Gasteiger partial charge in [-0.1, -0.05) is 24.8 Å². The molecule has 0 fully saturated rings. The Hall–Kier alpha value is -1.57. The van der Waals surface area contributed by atoms with Crippen LogP contribution in [0, 0.1) is 6.92 Å². The molecule has 1 aromatic carbocycles. The lowest BCUT2D eigenvalue weighted by atomic mass is 10.2. The molecule has 0 amide bonds. The first-order chi connectivity index (χ1) is 5.75. The molecular weight excluding hydrogens is 148 g/mol. The van der Waals surface area contributed by atoms with Gasteiger partial charge in [-0.25, -0.2) is 0 Å². The van der Waals surface area contributed by atoms with Gasteiger partial charge in [-0.05, 0) is 18.6 Å². The van der Waals surface area contributed by atoms with Crippen molar-refractivity contribution in [3.8, 4) is 0 Å². The Morgan fingerprint density at radius 1 is 1.50 bits per heavy atom. The number of aryl methyl sites for hydroxylation is 1. The molecular formula is C10H12N2. The van der Waals surface area contributed by atoms with E-state index < -0.39 is 0 Å². The highest BCUT2D eigenvalue weighted by Gasteiger charge is 1.96. The monoisotopic (exact) mass is 160 g/mol. The second-order valence-electron chi connectivity index (χ2n) is 2.52. The Morgan fingerprint density at radius 3 is 2.92 bits per heavy atom. The highest BCUT2D eigenvalue weighted by atomic mass is 14.8. The third-order valence-corrected chi connectivity index (χ3v) is 1.62. The van der Waals surface area contributed by atoms with Crippen LogP contribution in [-0.4, -0.2) is 6.21 Å². The van der Waals surface area contributed by atoms with Crippen molar-refractivity contribution < 1.29 is 0 Å². The largest absolute Gasteiger partial charge is 0.397 e. The maximum atomic E-state index is 5.78. The summed E-state index contributed by atoms with van der Waals surface area (Å²) in [5, 5.41) is 0. The molecule has 2 N–H and O–H groups in total. The van der Waals surface area contributed by atoms with E-state index in [0.717, 1.165) is 16.9 Å². The number of nitrogens with two attached hydrogens (primary N) is 1. The lowest BCUT2D eigenvalue weighted by Gasteiger charge is -2.01. The van der Waals surface area contributed by atoms with Crippen molar-refractivity contribution in [1.29, 1.82) is 0 Å². The topological polar surface area (TPSA) is 38.4 Å². The Balaban J connectivity index is 3.07. The van der Waals surface area contributed by atoms with E-state index in [1.54, 1.807) is 12.3 Å². The first-order valence-corrected chi connectivity index (χ1v) is 3.76. The van der Waals surface area contributed by atoms with Gasteiger partial charge in [0.25, 0.3) is 0 Å². The van der Waals surface area contributed by atoms with Crippen molar-refractivity contribution >= 4 is 17.6 Å². The molecule has 1 aromatic rings. The standard InChI is InChI=1S/C10H12N2/c1-3-7-12-9-6-4-5-8(2)10(9)11/h3-7H,1,11H2,2H3. The molecule has 12 heavy (non-hydrogen) atoms. The second kappa shape index (κ2) is 3.72. The average Bonchev–Trinajstić information content (AvgIpc) is 2.08. The van der Waals surface area contributed by atoms with Crippen LogP contribution in [0.2, 0.25) is 0 Å². The molecule has 0 atom stereocenters. The minimum atomic E-state index is 0.732. The normalized spacial score (nSPS) is 10.4. The summed E-state index contributed by atoms with van der Waals surface area (Å²) in [6.07, 6.45) is 3.26. The number of aliphatic imine (C=N–C) groups is 1. The van der Waals surface area contributed by atoms with Crippen LogP contribution in [0.3, 0.4) is 0 Å². The molecule has 1 rings (SSSR count). The number of nitrogen functional groups attached to an aromatic ring is 1. The number of rotatable bonds is 2. The fraction of sp³-hybridized carbons (Fsp3) is 0.100. The average molecular weight is 160 g/mol. The van der Waals surface area contributed by atoms with Crippen molar-refractivity contribution in [2.45, 2.75) is 6.92 Å². The molecule has 0 radical (unpaired) electrons. The van der Waals surface area contributed by atoms with Gasteiger partial charge in [-0.3, -0.25) is 4.99 Å². The molecule has 0 spiro atoms. The maximum Gasteiger partial charge on any atom is 0.0861 e. The number of hydrogen-bond acceptors (Lipinski definition) is 2. The van der Waals surface area contributed by atoms with Gasteiger partial charge in [0.15, 0.2) is 0 Å². The van der Waals surface area contributed by atoms with E-state index in [1.807, 2.05) is 25.1 Å². The van der Waals surface area contributed by atoms with Crippen LogP contribution in [0.5, 0.6) is 0 Å². The van der Waals surface area contributed by atoms with E-state index in [4.69, 9.17) is 5.73 Å². The molecule has 0 aromatic heterocycles. The van der Waals surface area contributed by atoms with E-state index in [9.17, 15) is 0 Å². The van der Waals surface area contributed by atoms with Crippen LogP contribution in [0.4, 0.5) is 11.4 Å². The zero-order valence-electron chi connectivity index (χ0n) is 7.12. The molecule has 0 unspecified atom stereocenters. The minimum absolute atomic E-state index is 0.732. The third kappa shape index (κ3) is 1.72. The van der Waals surface area contributed by atoms with Crippen LogP contribution in [0.1, 0.15) is 5.56 Å². The fourth-order valence-corrected chi connectivity index (χ4v) is 0.911. The zero-order chi connectivity index (χ0) is 8.97. The minimum Gasteiger partial charge on any atom is -0.397 e. The van der Waals surface area contributed by atoms with Crippen LogP contribution < -0.4 is 5.73 Å². The molecule has 2 heteroatoms. The molecule has 0 aliphatic carbocycles. The lowest BCUT2D eigenvalue weighted by Crippen LogP contribution is -1.88. The first kappa shape index (κ1) is 8.53. The summed E-state index contributed by atoms with van der Waals surface area (Å²) >= 11 is 0. The van der Waals surface area contributed by atoms with Crippen molar-refractivity contribution in [2.24, 2.45) is 4.99 Å². The van der Waals surface area contributed by atoms with E-state index in [1.165, 1.54) is 0 Å². The van der Waals surface area contributed by atoms with Gasteiger partial charge in [0.1, 0.15) is 0 Å². The summed E-state index contributed by atoms with van der Waals surface area (Å²) in [6.45, 7) is 5.50. The summed E-state index contributed by atoms with van der Waals surface area (Å²) in [6, 6.07) is 5.77. The number of anilines is 1. The van der Waals surface area contributed by atoms with Gasteiger partial charge in [-0.15, -0.1) is 0 Å². The predicted octanol–water partition coefficient (Wildman–Crippen LogP) is 2.47. The van der Waals surface area contributed by atoms with Crippen molar-refractivity contribution in [2.75, 3.05) is 5.73 Å². The Labute approximate surface area is 72.4 Å². The molecule has 0 bridgehead atoms. The van der Waals surface area contributed by atoms with Crippen LogP contribution in [-0.2, 0) is 0 Å². The van der Waals surface area contributed by atoms with Gasteiger partial charge in [0.05, 0.1) is 11.4 Å². The third-order valence-electron chi connectivity index (χ3n) is 1.62. The van der Waals surface area contributed by atoms with Crippen LogP contribution >= 0.6 is 0 Å². The molecule has 62 valence electrons. The number of para-hydroxylation sites is 1. The Morgan fingerprint density at radius 2 is 2.25 bits per heavy atom. The van der Waals surface area contributed by atoms with E-state index in [0.29, 0.717) is 0 Å². The number of benzene rings is 1. The fourth-order valence-electron chi connectivity index (χ4n) is 0.911. The number of nitrogens with zero attached hydrogens (tertiary/aromatic N) is 1. The summed E-state index contributed by atoms with van der Waals surface area (Å²) in [5.74, 6) is 0. The Kier molecular flexibility index (Phi) is 2.64. The lowest BCUT2D eigenvalue weighted by molar-refractivity contribution is 1.43. The van der Waals surface area contributed by atoms with E-state index in [-0.39, 0.29) is 0 Å². The highest BCUT2D eigenvalue weighted by molar-refractivity contribution is 5.78. The molecule has 0 saturated heterocycles. The summed E-state index contributed by atoms with van der Waals surface area (Å²) in [7, 11) is 0. The number of allylic oxidation sites excluding steroid dienone is 1. The summed E-state index contributed by atoms with van der Waals surface area (Å²) in [4.78, 5) is 4.12. The SMILES string of the molecule is C=CC=Nc1cccc(C)c1N. The van der Waals surface area contributed by atoms with Crippen molar-refractivity contribution in [1.82, 2.24) is 0 Å². The summed E-state index contributed by atoms with van der Waals surface area (Å²) < 4.78 is 0. The highest BCUT2D eigenvalue weighted by Crippen LogP contribution is 2.24. The zero-order valence-corrected chi connectivity index (χ0v) is 7.12.